The number of anilines is 2. The van der Waals surface area contributed by atoms with Crippen LogP contribution in [0.4, 0.5) is 20.3 Å². The van der Waals surface area contributed by atoms with Gasteiger partial charge in [-0.3, -0.25) is 29.1 Å². The number of aromatic nitrogens is 7. The smallest absolute Gasteiger partial charge is 0.284 e. The number of carbonyl (C=O) groups excluding carboxylic acids is 3. The summed E-state index contributed by atoms with van der Waals surface area (Å²) in [6, 6.07) is 10.1. The lowest BCUT2D eigenvalue weighted by Gasteiger charge is -2.36. The van der Waals surface area contributed by atoms with Crippen LogP contribution in [0.1, 0.15) is 122 Å². The molecule has 5 aromatic rings. The Morgan fingerprint density at radius 3 is 2.61 bits per heavy atom. The molecule has 2 atom stereocenters. The summed E-state index contributed by atoms with van der Waals surface area (Å²) in [6.07, 6.45) is 9.97. The predicted octanol–water partition coefficient (Wildman–Crippen LogP) is 5.70. The molecule has 17 nitrogen and oxygen atoms in total. The van der Waals surface area contributed by atoms with Crippen LogP contribution in [-0.2, 0) is 19.1 Å². The molecule has 0 bridgehead atoms. The Bertz CT molecular complexity index is 2730. The Hall–Kier alpha value is -6.28. The van der Waals surface area contributed by atoms with E-state index < -0.39 is 23.9 Å². The molecule has 344 valence electrons. The molecule has 0 spiro atoms. The van der Waals surface area contributed by atoms with E-state index in [1.807, 2.05) is 27.8 Å². The molecule has 7 heterocycles. The fourth-order valence-electron chi connectivity index (χ4n) is 10.0. The Labute approximate surface area is 379 Å². The van der Waals surface area contributed by atoms with E-state index in [0.717, 1.165) is 87.5 Å². The number of para-hydroxylation sites is 1. The normalized spacial score (nSPS) is 23.2. The number of amides is 3. The molecule has 4 aromatic heterocycles. The first kappa shape index (κ1) is 43.6. The van der Waals surface area contributed by atoms with Gasteiger partial charge < -0.3 is 24.6 Å². The number of piperidine rings is 2. The second kappa shape index (κ2) is 18.9. The van der Waals surface area contributed by atoms with Gasteiger partial charge in [0.15, 0.2) is 11.3 Å². The van der Waals surface area contributed by atoms with Gasteiger partial charge >= 0.3 is 0 Å². The lowest BCUT2D eigenvalue weighted by Crippen LogP contribution is -2.42. The zero-order valence-corrected chi connectivity index (χ0v) is 36.6. The number of alkyl halides is 2. The standard InChI is InChI=1S/C47H52F2N12O5/c48-44(49)42-38(52-47(64)37-25-51-59-21-17-39(53-45(37)59)58-22-24-66-34(27-58)14-18-50)28-60(55-42)31-8-6-29(7-9-31)26-57-19-15-33(16-20-57)65-23-2-4-30-3-1-5-35-41(36-12-13-40(62)54-46(36)63)56-61(43(30)35)32-10-11-32/h1,3,5,17,21,25,28-29,31-34,36,44H,6-16,19-20,22-24,26-27H2,(H,52,64)(H,54,62,63). The van der Waals surface area contributed by atoms with E-state index >= 15 is 0 Å². The molecular weight excluding hydrogens is 851 g/mol. The fraction of sp³-hybridized carbons (Fsp3) is 0.532. The van der Waals surface area contributed by atoms with E-state index in [0.29, 0.717) is 62.6 Å². The van der Waals surface area contributed by atoms with E-state index in [2.05, 4.69) is 48.6 Å². The maximum Gasteiger partial charge on any atom is 0.284 e. The Balaban J connectivity index is 0.701. The minimum absolute atomic E-state index is 0.0322. The van der Waals surface area contributed by atoms with E-state index in [9.17, 15) is 23.2 Å². The largest absolute Gasteiger partial charge is 0.373 e. The highest BCUT2D eigenvalue weighted by atomic mass is 19.3. The number of nitriles is 1. The minimum atomic E-state index is -2.88. The third kappa shape index (κ3) is 9.25. The number of nitrogens with one attached hydrogen (secondary N) is 2. The number of ether oxygens (including phenoxy) is 2. The number of carbonyl (C=O) groups is 3. The molecule has 10 rings (SSSR count). The van der Waals surface area contributed by atoms with Crippen molar-refractivity contribution >= 4 is 45.8 Å². The summed E-state index contributed by atoms with van der Waals surface area (Å²) in [7, 11) is 0. The van der Waals surface area contributed by atoms with Gasteiger partial charge in [-0.25, -0.2) is 18.3 Å². The minimum Gasteiger partial charge on any atom is -0.373 e. The first-order chi connectivity index (χ1) is 32.2. The van der Waals surface area contributed by atoms with Crippen LogP contribution in [0.15, 0.2) is 42.9 Å². The molecule has 5 aliphatic rings. The van der Waals surface area contributed by atoms with Crippen molar-refractivity contribution in [3.63, 3.8) is 0 Å². The van der Waals surface area contributed by atoms with Crippen LogP contribution in [-0.4, -0.2) is 115 Å². The zero-order chi connectivity index (χ0) is 45.3. The van der Waals surface area contributed by atoms with Gasteiger partial charge in [-0.1, -0.05) is 24.0 Å². The monoisotopic (exact) mass is 902 g/mol. The van der Waals surface area contributed by atoms with Gasteiger partial charge in [0, 0.05) is 56.9 Å². The molecule has 66 heavy (non-hydrogen) atoms. The van der Waals surface area contributed by atoms with Gasteiger partial charge in [0.05, 0.1) is 78.0 Å². The summed E-state index contributed by atoms with van der Waals surface area (Å²) < 4.78 is 45.7. The molecule has 3 amide bonds. The second-order valence-electron chi connectivity index (χ2n) is 18.1. The average Bonchev–Trinajstić information content (AvgIpc) is 3.74. The van der Waals surface area contributed by atoms with E-state index in [1.165, 1.54) is 16.9 Å². The van der Waals surface area contributed by atoms with Crippen molar-refractivity contribution in [3.05, 3.63) is 65.4 Å². The van der Waals surface area contributed by atoms with Gasteiger partial charge in [-0.15, -0.1) is 0 Å². The summed E-state index contributed by atoms with van der Waals surface area (Å²) in [5.74, 6) is 6.05. The van der Waals surface area contributed by atoms with Crippen molar-refractivity contribution in [3.8, 4) is 17.9 Å². The van der Waals surface area contributed by atoms with Crippen LogP contribution in [0.2, 0.25) is 0 Å². The van der Waals surface area contributed by atoms with Gasteiger partial charge in [-0.05, 0) is 75.8 Å². The lowest BCUT2D eigenvalue weighted by molar-refractivity contribution is -0.134. The summed E-state index contributed by atoms with van der Waals surface area (Å²) in [5.41, 5.74) is 2.44. The Morgan fingerprint density at radius 2 is 1.83 bits per heavy atom. The van der Waals surface area contributed by atoms with Crippen LogP contribution < -0.4 is 15.5 Å². The first-order valence-electron chi connectivity index (χ1n) is 23.1. The van der Waals surface area contributed by atoms with Gasteiger partial charge in [0.1, 0.15) is 18.0 Å². The number of benzene rings is 1. The second-order valence-corrected chi connectivity index (χ2v) is 18.1. The third-order valence-corrected chi connectivity index (χ3v) is 13.7. The molecule has 2 aliphatic carbocycles. The highest BCUT2D eigenvalue weighted by Crippen LogP contribution is 2.41. The SMILES string of the molecule is N#CCC1CN(c2ccn3ncc(C(=O)Nc4cn(C5CCC(CN6CCC(OCC#Cc7cccc8c(C9CCC(=O)NC9=O)nn(C9CC9)c78)CC6)CC5)nc4C(F)F)c3n2)CCO1. The number of hydrogen-bond acceptors (Lipinski definition) is 12. The molecule has 19 heteroatoms. The first-order valence-corrected chi connectivity index (χ1v) is 23.1. The third-order valence-electron chi connectivity index (χ3n) is 13.7. The number of likely N-dealkylation sites (tertiary alicyclic amines) is 1. The average molecular weight is 903 g/mol. The van der Waals surface area contributed by atoms with Crippen LogP contribution in [0.25, 0.3) is 16.6 Å². The highest BCUT2D eigenvalue weighted by molar-refractivity contribution is 6.08. The van der Waals surface area contributed by atoms with Gasteiger partial charge in [-0.2, -0.15) is 20.6 Å². The molecular formula is C47H52F2N12O5. The van der Waals surface area contributed by atoms with Crippen LogP contribution in [0.3, 0.4) is 0 Å². The van der Waals surface area contributed by atoms with Crippen LogP contribution >= 0.6 is 0 Å². The molecule has 2 saturated carbocycles. The number of fused-ring (bicyclic) bond motifs is 2. The number of imide groups is 1. The molecule has 0 radical (unpaired) electrons. The van der Waals surface area contributed by atoms with Crippen molar-refractivity contribution in [2.75, 3.05) is 56.2 Å². The summed E-state index contributed by atoms with van der Waals surface area (Å²) in [4.78, 5) is 47.3. The van der Waals surface area contributed by atoms with Gasteiger partial charge in [0.2, 0.25) is 11.8 Å². The predicted molar refractivity (Wildman–Crippen MR) is 237 cm³/mol. The molecule has 5 fully saturated rings. The maximum atomic E-state index is 14.3. The quantitative estimate of drug-likeness (QED) is 0.115. The number of morpholine rings is 1. The van der Waals surface area contributed by atoms with Crippen molar-refractivity contribution in [1.29, 1.82) is 5.26 Å². The molecule has 3 aliphatic heterocycles. The topological polar surface area (TPSA) is 190 Å². The highest BCUT2D eigenvalue weighted by Gasteiger charge is 2.36. The van der Waals surface area contributed by atoms with Crippen molar-refractivity contribution < 1.29 is 32.6 Å². The van der Waals surface area contributed by atoms with E-state index in [-0.39, 0.29) is 53.4 Å². The van der Waals surface area contributed by atoms with E-state index in [1.54, 1.807) is 16.9 Å². The summed E-state index contributed by atoms with van der Waals surface area (Å²) in [5, 5.41) is 28.6. The number of halogens is 2. The van der Waals surface area contributed by atoms with E-state index in [4.69, 9.17) is 19.8 Å². The number of rotatable bonds is 12. The maximum absolute atomic E-state index is 14.3. The molecule has 2 N–H and O–H groups in total. The Kier molecular flexibility index (Phi) is 12.5. The lowest BCUT2D eigenvalue weighted by atomic mass is 9.85. The van der Waals surface area contributed by atoms with Crippen molar-refractivity contribution in [2.24, 2.45) is 5.92 Å². The fourth-order valence-corrected chi connectivity index (χ4v) is 10.0. The molecule has 1 aromatic carbocycles. The molecule has 2 unspecified atom stereocenters. The van der Waals surface area contributed by atoms with Gasteiger partial charge in [0.25, 0.3) is 12.3 Å². The van der Waals surface area contributed by atoms with Crippen molar-refractivity contribution in [1.82, 2.24) is 44.4 Å². The van der Waals surface area contributed by atoms with Crippen LogP contribution in [0.5, 0.6) is 0 Å². The number of nitrogens with zero attached hydrogens (tertiary/aromatic N) is 10. The molecule has 3 saturated heterocycles. The number of hydrogen-bond donors (Lipinski definition) is 2. The van der Waals surface area contributed by atoms with Crippen LogP contribution in [0, 0.1) is 29.1 Å². The summed E-state index contributed by atoms with van der Waals surface area (Å²) >= 11 is 0. The van der Waals surface area contributed by atoms with Crippen molar-refractivity contribution in [2.45, 2.75) is 107 Å². The summed E-state index contributed by atoms with van der Waals surface area (Å²) in [6.45, 7) is 4.64. The Morgan fingerprint density at radius 1 is 1.02 bits per heavy atom. The zero-order valence-electron chi connectivity index (χ0n) is 36.6.